The van der Waals surface area contributed by atoms with Crippen molar-refractivity contribution < 1.29 is 27.5 Å². The molecule has 0 amide bonds. The monoisotopic (exact) mass is 303 g/mol. The number of alkyl halides is 3. The van der Waals surface area contributed by atoms with Crippen molar-refractivity contribution in [3.05, 3.63) is 35.4 Å². The Bertz CT molecular complexity index is 514. The Morgan fingerprint density at radius 2 is 2.00 bits per heavy atom. The Kier molecular flexibility index (Phi) is 5.90. The molecule has 0 aromatic heterocycles. The number of ketones is 1. The summed E-state index contributed by atoms with van der Waals surface area (Å²) in [5.74, 6) is -1.28. The fourth-order valence-electron chi connectivity index (χ4n) is 1.80. The summed E-state index contributed by atoms with van der Waals surface area (Å²) in [5.41, 5.74) is -0.635. The number of esters is 1. The smallest absolute Gasteiger partial charge is 0.416 e. The third kappa shape index (κ3) is 4.86. The van der Waals surface area contributed by atoms with Crippen LogP contribution in [0.4, 0.5) is 13.2 Å². The molecule has 0 aliphatic heterocycles. The first-order valence-corrected chi connectivity index (χ1v) is 6.32. The summed E-state index contributed by atoms with van der Waals surface area (Å²) < 4.78 is 42.5. The van der Waals surface area contributed by atoms with Gasteiger partial charge in [-0.25, -0.2) is 4.79 Å². The maximum Gasteiger partial charge on any atom is 0.416 e. The van der Waals surface area contributed by atoms with Gasteiger partial charge in [-0.1, -0.05) is 18.2 Å². The number of carbonyl (C=O) groups excluding carboxylic acids is 2. The molecule has 1 atom stereocenters. The van der Waals surface area contributed by atoms with E-state index in [2.05, 4.69) is 5.32 Å². The summed E-state index contributed by atoms with van der Waals surface area (Å²) in [5, 5.41) is 2.51. The molecule has 0 saturated carbocycles. The van der Waals surface area contributed by atoms with Gasteiger partial charge in [0.1, 0.15) is 0 Å². The lowest BCUT2D eigenvalue weighted by Crippen LogP contribution is -2.43. The predicted octanol–water partition coefficient (Wildman–Crippen LogP) is 1.97. The second-order valence-electron chi connectivity index (χ2n) is 4.31. The normalized spacial score (nSPS) is 12.8. The van der Waals surface area contributed by atoms with Crippen LogP contribution in [-0.2, 0) is 26.9 Å². The van der Waals surface area contributed by atoms with Crippen LogP contribution >= 0.6 is 0 Å². The van der Waals surface area contributed by atoms with E-state index in [4.69, 9.17) is 4.74 Å². The van der Waals surface area contributed by atoms with Crippen molar-refractivity contribution in [1.82, 2.24) is 5.32 Å². The first-order chi connectivity index (χ1) is 9.79. The van der Waals surface area contributed by atoms with Crippen molar-refractivity contribution in [2.75, 3.05) is 13.7 Å². The molecule has 4 nitrogen and oxygen atoms in total. The number of Topliss-reactive ketones (excluding diaryl/α,β-unsaturated/α-hetero) is 1. The van der Waals surface area contributed by atoms with E-state index >= 15 is 0 Å². The number of benzene rings is 1. The van der Waals surface area contributed by atoms with E-state index in [0.29, 0.717) is 0 Å². The van der Waals surface area contributed by atoms with E-state index in [1.165, 1.54) is 19.2 Å². The Hall–Kier alpha value is -1.89. The lowest BCUT2D eigenvalue weighted by atomic mass is 10.0. The van der Waals surface area contributed by atoms with E-state index in [1.807, 2.05) is 0 Å². The molecule has 1 unspecified atom stereocenters. The zero-order valence-electron chi connectivity index (χ0n) is 11.7. The maximum absolute atomic E-state index is 12.6. The molecule has 21 heavy (non-hydrogen) atoms. The summed E-state index contributed by atoms with van der Waals surface area (Å²) >= 11 is 0. The van der Waals surface area contributed by atoms with Crippen molar-refractivity contribution in [1.29, 1.82) is 0 Å². The van der Waals surface area contributed by atoms with Gasteiger partial charge in [-0.3, -0.25) is 4.79 Å². The fraction of sp³-hybridized carbons (Fsp3) is 0.429. The number of carbonyl (C=O) groups is 2. The number of halogens is 3. The molecule has 0 spiro atoms. The molecule has 0 radical (unpaired) electrons. The minimum atomic E-state index is -4.47. The second kappa shape index (κ2) is 7.21. The van der Waals surface area contributed by atoms with E-state index in [1.54, 1.807) is 6.92 Å². The first kappa shape index (κ1) is 17.2. The van der Waals surface area contributed by atoms with E-state index in [9.17, 15) is 22.8 Å². The zero-order valence-corrected chi connectivity index (χ0v) is 11.7. The lowest BCUT2D eigenvalue weighted by molar-refractivity contribution is -0.148. The molecule has 0 bridgehead atoms. The average Bonchev–Trinajstić information content (AvgIpc) is 2.39. The maximum atomic E-state index is 12.6. The van der Waals surface area contributed by atoms with Crippen molar-refractivity contribution in [3.8, 4) is 0 Å². The van der Waals surface area contributed by atoms with Gasteiger partial charge in [0.25, 0.3) is 0 Å². The lowest BCUT2D eigenvalue weighted by Gasteiger charge is -2.14. The van der Waals surface area contributed by atoms with Gasteiger partial charge in [-0.05, 0) is 25.6 Å². The molecule has 116 valence electrons. The predicted molar refractivity (Wildman–Crippen MR) is 69.6 cm³/mol. The van der Waals surface area contributed by atoms with Crippen LogP contribution in [0.15, 0.2) is 24.3 Å². The van der Waals surface area contributed by atoms with Gasteiger partial charge in [-0.2, -0.15) is 13.2 Å². The van der Waals surface area contributed by atoms with E-state index in [0.717, 1.165) is 12.1 Å². The first-order valence-electron chi connectivity index (χ1n) is 6.32. The highest BCUT2D eigenvalue weighted by Crippen LogP contribution is 2.29. The van der Waals surface area contributed by atoms with Gasteiger partial charge < -0.3 is 10.1 Å². The minimum absolute atomic E-state index is 0.119. The quantitative estimate of drug-likeness (QED) is 0.645. The Balaban J connectivity index is 2.85. The van der Waals surface area contributed by atoms with Crippen LogP contribution in [0.2, 0.25) is 0 Å². The average molecular weight is 303 g/mol. The number of hydrogen-bond donors (Lipinski definition) is 1. The Morgan fingerprint density at radius 3 is 2.52 bits per heavy atom. The molecule has 0 heterocycles. The van der Waals surface area contributed by atoms with Crippen molar-refractivity contribution in [2.45, 2.75) is 25.6 Å². The summed E-state index contributed by atoms with van der Waals surface area (Å²) in [6.45, 7) is 1.72. The number of nitrogens with one attached hydrogen (secondary N) is 1. The van der Waals surface area contributed by atoms with Gasteiger partial charge in [0.05, 0.1) is 12.2 Å². The molecule has 7 heteroatoms. The van der Waals surface area contributed by atoms with Crippen LogP contribution in [0.25, 0.3) is 0 Å². The third-order valence-electron chi connectivity index (χ3n) is 2.77. The Labute approximate surface area is 120 Å². The van der Waals surface area contributed by atoms with Crippen molar-refractivity contribution in [2.24, 2.45) is 0 Å². The molecule has 1 aromatic rings. The number of likely N-dealkylation sites (N-methyl/N-ethyl adjacent to an activating group) is 1. The Morgan fingerprint density at radius 1 is 1.33 bits per heavy atom. The molecule has 1 N–H and O–H groups in total. The zero-order chi connectivity index (χ0) is 16.0. The van der Waals surface area contributed by atoms with Crippen LogP contribution in [-0.4, -0.2) is 31.4 Å². The van der Waals surface area contributed by atoms with E-state index in [-0.39, 0.29) is 18.6 Å². The molecule has 0 aliphatic rings. The summed E-state index contributed by atoms with van der Waals surface area (Å²) in [6.07, 6.45) is -4.75. The molecule has 0 saturated heterocycles. The van der Waals surface area contributed by atoms with Gasteiger partial charge in [-0.15, -0.1) is 0 Å². The topological polar surface area (TPSA) is 55.4 Å². The van der Waals surface area contributed by atoms with Gasteiger partial charge in [0.2, 0.25) is 0 Å². The highest BCUT2D eigenvalue weighted by molar-refractivity contribution is 6.03. The minimum Gasteiger partial charge on any atom is -0.464 e. The van der Waals surface area contributed by atoms with Crippen LogP contribution in [0, 0.1) is 0 Å². The van der Waals surface area contributed by atoms with Crippen LogP contribution in [0.5, 0.6) is 0 Å². The van der Waals surface area contributed by atoms with Gasteiger partial charge in [0.15, 0.2) is 11.8 Å². The van der Waals surface area contributed by atoms with Crippen molar-refractivity contribution in [3.63, 3.8) is 0 Å². The third-order valence-corrected chi connectivity index (χ3v) is 2.77. The van der Waals surface area contributed by atoms with Crippen LogP contribution < -0.4 is 5.32 Å². The standard InChI is InChI=1S/C14H16F3NO3/c1-3-21-13(20)12(18-2)11(19)8-9-5-4-6-10(7-9)14(15,16)17/h4-7,12,18H,3,8H2,1-2H3. The summed E-state index contributed by atoms with van der Waals surface area (Å²) in [6, 6.07) is 3.28. The number of ether oxygens (including phenoxy) is 1. The summed E-state index contributed by atoms with van der Waals surface area (Å²) in [7, 11) is 1.41. The molecular weight excluding hydrogens is 287 g/mol. The number of rotatable bonds is 6. The second-order valence-corrected chi connectivity index (χ2v) is 4.31. The van der Waals surface area contributed by atoms with Crippen LogP contribution in [0.3, 0.4) is 0 Å². The highest BCUT2D eigenvalue weighted by Gasteiger charge is 2.31. The highest BCUT2D eigenvalue weighted by atomic mass is 19.4. The molecule has 0 aliphatic carbocycles. The fourth-order valence-corrected chi connectivity index (χ4v) is 1.80. The summed E-state index contributed by atoms with van der Waals surface area (Å²) in [4.78, 5) is 23.5. The molecule has 1 aromatic carbocycles. The van der Waals surface area contributed by atoms with Crippen molar-refractivity contribution >= 4 is 11.8 Å². The van der Waals surface area contributed by atoms with E-state index < -0.39 is 29.5 Å². The van der Waals surface area contributed by atoms with Crippen LogP contribution in [0.1, 0.15) is 18.1 Å². The number of hydrogen-bond acceptors (Lipinski definition) is 4. The largest absolute Gasteiger partial charge is 0.464 e. The SMILES string of the molecule is CCOC(=O)C(NC)C(=O)Cc1cccc(C(F)(F)F)c1. The van der Waals surface area contributed by atoms with Gasteiger partial charge in [0, 0.05) is 6.42 Å². The molecular formula is C14H16F3NO3. The molecule has 1 rings (SSSR count). The van der Waals surface area contributed by atoms with Gasteiger partial charge >= 0.3 is 12.1 Å². The molecule has 0 fully saturated rings.